The quantitative estimate of drug-likeness (QED) is 0.866. The second-order valence-corrected chi connectivity index (χ2v) is 7.60. The molecule has 0 aliphatic carbocycles. The van der Waals surface area contributed by atoms with E-state index in [1.165, 1.54) is 5.57 Å². The van der Waals surface area contributed by atoms with Crippen LogP contribution in [0.1, 0.15) is 39.2 Å². The molecule has 0 radical (unpaired) electrons. The van der Waals surface area contributed by atoms with Crippen molar-refractivity contribution in [2.45, 2.75) is 39.2 Å². The Balaban J connectivity index is 1.51. The standard InChI is InChI=1S/C20H26N4O3/c1-20(2,3)27-19(26)22-10-6-17(25)24-11-7-14(8-12-24)16-13-23-18-15(16)5-4-9-21-18/h4-5,7,9,13H,6,8,10-12H2,1-3H3,(H,21,23)(H,22,26). The molecule has 2 aromatic rings. The van der Waals surface area contributed by atoms with Gasteiger partial charge in [-0.3, -0.25) is 4.79 Å². The minimum Gasteiger partial charge on any atom is -0.444 e. The predicted molar refractivity (Wildman–Crippen MR) is 104 cm³/mol. The van der Waals surface area contributed by atoms with Crippen LogP contribution in [0.15, 0.2) is 30.6 Å². The molecular weight excluding hydrogens is 344 g/mol. The van der Waals surface area contributed by atoms with Gasteiger partial charge in [-0.25, -0.2) is 9.78 Å². The van der Waals surface area contributed by atoms with Crippen molar-refractivity contribution < 1.29 is 14.3 Å². The first-order chi connectivity index (χ1) is 12.8. The molecule has 1 aliphatic heterocycles. The third-order valence-corrected chi connectivity index (χ3v) is 4.37. The van der Waals surface area contributed by atoms with Crippen LogP contribution in [0.2, 0.25) is 0 Å². The van der Waals surface area contributed by atoms with Gasteiger partial charge in [0.2, 0.25) is 5.91 Å². The van der Waals surface area contributed by atoms with Gasteiger partial charge in [0.15, 0.2) is 0 Å². The number of amides is 2. The molecule has 0 atom stereocenters. The Labute approximate surface area is 158 Å². The van der Waals surface area contributed by atoms with Crippen LogP contribution >= 0.6 is 0 Å². The van der Waals surface area contributed by atoms with Crippen LogP contribution in [-0.4, -0.2) is 52.1 Å². The molecule has 0 aromatic carbocycles. The van der Waals surface area contributed by atoms with Gasteiger partial charge < -0.3 is 19.9 Å². The molecule has 0 bridgehead atoms. The molecule has 0 fully saturated rings. The minimum atomic E-state index is -0.542. The zero-order valence-electron chi connectivity index (χ0n) is 16.0. The molecular formula is C20H26N4O3. The molecule has 2 aromatic heterocycles. The van der Waals surface area contributed by atoms with E-state index in [1.54, 1.807) is 27.0 Å². The SMILES string of the molecule is CC(C)(C)OC(=O)NCCC(=O)N1CC=C(c2c[nH]c3ncccc23)CC1. The molecule has 2 amide bonds. The Hall–Kier alpha value is -2.83. The Kier molecular flexibility index (Phi) is 5.48. The largest absolute Gasteiger partial charge is 0.444 e. The van der Waals surface area contributed by atoms with Gasteiger partial charge in [-0.1, -0.05) is 6.08 Å². The minimum absolute atomic E-state index is 0.0296. The molecule has 7 nitrogen and oxygen atoms in total. The van der Waals surface area contributed by atoms with Crippen molar-refractivity contribution >= 4 is 28.6 Å². The first kappa shape index (κ1) is 18.9. The Morgan fingerprint density at radius 3 is 2.89 bits per heavy atom. The number of hydrogen-bond donors (Lipinski definition) is 2. The summed E-state index contributed by atoms with van der Waals surface area (Å²) < 4.78 is 5.16. The zero-order chi connectivity index (χ0) is 19.4. The summed E-state index contributed by atoms with van der Waals surface area (Å²) in [4.78, 5) is 33.3. The lowest BCUT2D eigenvalue weighted by molar-refractivity contribution is -0.130. The molecule has 1 aliphatic rings. The molecule has 27 heavy (non-hydrogen) atoms. The Morgan fingerprint density at radius 1 is 1.37 bits per heavy atom. The highest BCUT2D eigenvalue weighted by atomic mass is 16.6. The lowest BCUT2D eigenvalue weighted by Gasteiger charge is -2.26. The number of H-pyrrole nitrogens is 1. The zero-order valence-corrected chi connectivity index (χ0v) is 16.0. The summed E-state index contributed by atoms with van der Waals surface area (Å²) in [7, 11) is 0. The number of fused-ring (bicyclic) bond motifs is 1. The van der Waals surface area contributed by atoms with E-state index in [4.69, 9.17) is 4.74 Å². The van der Waals surface area contributed by atoms with Gasteiger partial charge in [0.25, 0.3) is 0 Å². The molecule has 0 saturated heterocycles. The average molecular weight is 370 g/mol. The van der Waals surface area contributed by atoms with E-state index < -0.39 is 11.7 Å². The normalized spacial score (nSPS) is 14.8. The van der Waals surface area contributed by atoms with Crippen molar-refractivity contribution in [1.29, 1.82) is 0 Å². The van der Waals surface area contributed by atoms with Gasteiger partial charge in [0.1, 0.15) is 11.2 Å². The van der Waals surface area contributed by atoms with Crippen LogP contribution in [0.5, 0.6) is 0 Å². The molecule has 0 spiro atoms. The second-order valence-electron chi connectivity index (χ2n) is 7.60. The van der Waals surface area contributed by atoms with Crippen molar-refractivity contribution in [1.82, 2.24) is 20.2 Å². The van der Waals surface area contributed by atoms with E-state index >= 15 is 0 Å². The maximum Gasteiger partial charge on any atom is 0.407 e. The number of carbonyl (C=O) groups excluding carboxylic acids is 2. The number of ether oxygens (including phenoxy) is 1. The molecule has 2 N–H and O–H groups in total. The Bertz CT molecular complexity index is 863. The maximum atomic E-state index is 12.4. The summed E-state index contributed by atoms with van der Waals surface area (Å²) in [6, 6.07) is 3.98. The summed E-state index contributed by atoms with van der Waals surface area (Å²) in [5.74, 6) is 0.0296. The van der Waals surface area contributed by atoms with Crippen molar-refractivity contribution in [3.05, 3.63) is 36.2 Å². The van der Waals surface area contributed by atoms with Crippen molar-refractivity contribution in [3.8, 4) is 0 Å². The van der Waals surface area contributed by atoms with Crippen LogP contribution in [0.4, 0.5) is 4.79 Å². The number of rotatable bonds is 4. The van der Waals surface area contributed by atoms with Crippen LogP contribution in [0, 0.1) is 0 Å². The first-order valence-corrected chi connectivity index (χ1v) is 9.19. The summed E-state index contributed by atoms with van der Waals surface area (Å²) in [6.45, 7) is 6.93. The fraction of sp³-hybridized carbons (Fsp3) is 0.450. The molecule has 0 unspecified atom stereocenters. The van der Waals surface area contributed by atoms with Gasteiger partial charge in [-0.2, -0.15) is 0 Å². The number of alkyl carbamates (subject to hydrolysis) is 1. The molecule has 7 heteroatoms. The van der Waals surface area contributed by atoms with E-state index in [2.05, 4.69) is 27.4 Å². The summed E-state index contributed by atoms with van der Waals surface area (Å²) in [5, 5.41) is 3.73. The van der Waals surface area contributed by atoms with E-state index in [-0.39, 0.29) is 18.9 Å². The van der Waals surface area contributed by atoms with Gasteiger partial charge >= 0.3 is 6.09 Å². The van der Waals surface area contributed by atoms with Crippen LogP contribution in [0.3, 0.4) is 0 Å². The maximum absolute atomic E-state index is 12.4. The third-order valence-electron chi connectivity index (χ3n) is 4.37. The number of aromatic nitrogens is 2. The van der Waals surface area contributed by atoms with Crippen molar-refractivity contribution in [2.24, 2.45) is 0 Å². The summed E-state index contributed by atoms with van der Waals surface area (Å²) in [6.07, 6.45) is 6.41. The van der Waals surface area contributed by atoms with Crippen molar-refractivity contribution in [3.63, 3.8) is 0 Å². The molecule has 0 saturated carbocycles. The number of carbonyl (C=O) groups is 2. The first-order valence-electron chi connectivity index (χ1n) is 9.19. The number of nitrogens with one attached hydrogen (secondary N) is 2. The number of pyridine rings is 1. The number of hydrogen-bond acceptors (Lipinski definition) is 4. The number of nitrogens with zero attached hydrogens (tertiary/aromatic N) is 2. The van der Waals surface area contributed by atoms with E-state index in [0.29, 0.717) is 13.1 Å². The molecule has 3 heterocycles. The van der Waals surface area contributed by atoms with Crippen LogP contribution in [0.25, 0.3) is 16.6 Å². The fourth-order valence-electron chi connectivity index (χ4n) is 3.11. The van der Waals surface area contributed by atoms with Gasteiger partial charge in [0.05, 0.1) is 0 Å². The van der Waals surface area contributed by atoms with E-state index in [9.17, 15) is 9.59 Å². The highest BCUT2D eigenvalue weighted by Gasteiger charge is 2.20. The van der Waals surface area contributed by atoms with Gasteiger partial charge in [0, 0.05) is 49.4 Å². The number of aromatic amines is 1. The topological polar surface area (TPSA) is 87.3 Å². The highest BCUT2D eigenvalue weighted by molar-refractivity contribution is 5.91. The monoisotopic (exact) mass is 370 g/mol. The molecule has 144 valence electrons. The lowest BCUT2D eigenvalue weighted by atomic mass is 9.99. The lowest BCUT2D eigenvalue weighted by Crippen LogP contribution is -2.38. The average Bonchev–Trinajstić information content (AvgIpc) is 3.04. The van der Waals surface area contributed by atoms with Crippen LogP contribution in [-0.2, 0) is 9.53 Å². The van der Waals surface area contributed by atoms with E-state index in [0.717, 1.165) is 23.0 Å². The van der Waals surface area contributed by atoms with E-state index in [1.807, 2.05) is 17.2 Å². The Morgan fingerprint density at radius 2 is 2.19 bits per heavy atom. The smallest absolute Gasteiger partial charge is 0.407 e. The summed E-state index contributed by atoms with van der Waals surface area (Å²) >= 11 is 0. The fourth-order valence-corrected chi connectivity index (χ4v) is 3.11. The van der Waals surface area contributed by atoms with Crippen molar-refractivity contribution in [2.75, 3.05) is 19.6 Å². The van der Waals surface area contributed by atoms with Gasteiger partial charge in [-0.15, -0.1) is 0 Å². The second kappa shape index (κ2) is 7.82. The van der Waals surface area contributed by atoms with Crippen LogP contribution < -0.4 is 5.32 Å². The highest BCUT2D eigenvalue weighted by Crippen LogP contribution is 2.28. The third kappa shape index (κ3) is 4.87. The summed E-state index contributed by atoms with van der Waals surface area (Å²) in [5.41, 5.74) is 2.71. The molecule has 3 rings (SSSR count). The van der Waals surface area contributed by atoms with Gasteiger partial charge in [-0.05, 0) is 44.9 Å². The predicted octanol–water partition coefficient (Wildman–Crippen LogP) is 3.09.